The quantitative estimate of drug-likeness (QED) is 0.497. The first-order valence-electron chi connectivity index (χ1n) is 9.52. The number of hydrogen-bond donors (Lipinski definition) is 0. The Morgan fingerprint density at radius 2 is 1.64 bits per heavy atom. The molecule has 0 unspecified atom stereocenters. The van der Waals surface area contributed by atoms with Gasteiger partial charge < -0.3 is 9.47 Å². The van der Waals surface area contributed by atoms with Crippen LogP contribution in [0.4, 0.5) is 10.5 Å². The topological polar surface area (TPSA) is 68.7 Å². The highest BCUT2D eigenvalue weighted by Crippen LogP contribution is 2.19. The highest BCUT2D eigenvalue weighted by molar-refractivity contribution is 5.87. The van der Waals surface area contributed by atoms with E-state index < -0.39 is 18.4 Å². The zero-order chi connectivity index (χ0) is 20.5. The summed E-state index contributed by atoms with van der Waals surface area (Å²) in [6, 6.07) is 14.9. The van der Waals surface area contributed by atoms with E-state index in [1.165, 1.54) is 4.90 Å². The molecule has 0 spiro atoms. The minimum atomic E-state index is -0.941. The van der Waals surface area contributed by atoms with E-state index in [0.717, 1.165) is 5.69 Å². The van der Waals surface area contributed by atoms with Gasteiger partial charge in [0.25, 0.3) is 6.29 Å². The molecule has 1 atom stereocenters. The number of ether oxygens (including phenoxy) is 2. The first kappa shape index (κ1) is 21.4. The Balaban J connectivity index is 2.14. The highest BCUT2D eigenvalue weighted by atomic mass is 16.7. The lowest BCUT2D eigenvalue weighted by molar-refractivity contribution is -0.178. The van der Waals surface area contributed by atoms with Gasteiger partial charge in [-0.05, 0) is 24.3 Å². The summed E-state index contributed by atoms with van der Waals surface area (Å²) in [5.41, 5.74) is 1.59. The van der Waals surface area contributed by atoms with Crippen molar-refractivity contribution in [3.8, 4) is 0 Å². The molecule has 0 fully saturated rings. The molecule has 0 aliphatic heterocycles. The van der Waals surface area contributed by atoms with Gasteiger partial charge in [-0.3, -0.25) is 14.7 Å². The molecule has 1 heterocycles. The van der Waals surface area contributed by atoms with Crippen LogP contribution >= 0.6 is 0 Å². The molecule has 6 nitrogen and oxygen atoms in total. The fourth-order valence-electron chi connectivity index (χ4n) is 2.42. The van der Waals surface area contributed by atoms with Crippen molar-refractivity contribution in [1.82, 2.24) is 4.98 Å². The number of amides is 1. The van der Waals surface area contributed by atoms with E-state index in [4.69, 9.17) is 9.47 Å². The molecule has 2 rings (SSSR count). The van der Waals surface area contributed by atoms with Crippen molar-refractivity contribution in [1.29, 1.82) is 0 Å². The van der Waals surface area contributed by atoms with Crippen LogP contribution in [0.1, 0.15) is 33.4 Å². The number of anilines is 1. The molecule has 1 aromatic heterocycles. The average molecular weight is 384 g/mol. The fraction of sp³-hybridized carbons (Fsp3) is 0.409. The summed E-state index contributed by atoms with van der Waals surface area (Å²) in [6.07, 6.45) is 0.796. The Kier molecular flexibility index (Phi) is 7.99. The van der Waals surface area contributed by atoms with Crippen LogP contribution in [0.2, 0.25) is 0 Å². The third-order valence-electron chi connectivity index (χ3n) is 4.07. The van der Waals surface area contributed by atoms with Crippen LogP contribution in [0.15, 0.2) is 54.7 Å². The molecular formula is C22H28N2O4. The summed E-state index contributed by atoms with van der Waals surface area (Å²) in [6.45, 7) is 7.55. The molecule has 0 radical (unpaired) electrons. The maximum Gasteiger partial charge on any atom is 0.417 e. The molecule has 0 bridgehead atoms. The van der Waals surface area contributed by atoms with Gasteiger partial charge in [0.2, 0.25) is 0 Å². The van der Waals surface area contributed by atoms with E-state index >= 15 is 0 Å². The summed E-state index contributed by atoms with van der Waals surface area (Å²) in [7, 11) is 0. The van der Waals surface area contributed by atoms with Crippen molar-refractivity contribution < 1.29 is 19.1 Å². The van der Waals surface area contributed by atoms with Crippen molar-refractivity contribution in [3.05, 3.63) is 60.4 Å². The number of aromatic nitrogens is 1. The normalized spacial score (nSPS) is 11.9. The molecule has 0 aliphatic carbocycles. The van der Waals surface area contributed by atoms with E-state index in [1.54, 1.807) is 20.0 Å². The Morgan fingerprint density at radius 1 is 0.964 bits per heavy atom. The third-order valence-corrected chi connectivity index (χ3v) is 4.07. The largest absolute Gasteiger partial charge is 0.425 e. The Bertz CT molecular complexity index is 748. The van der Waals surface area contributed by atoms with E-state index in [2.05, 4.69) is 4.98 Å². The second-order valence-electron chi connectivity index (χ2n) is 7.15. The van der Waals surface area contributed by atoms with E-state index in [1.807, 2.05) is 62.4 Å². The van der Waals surface area contributed by atoms with Gasteiger partial charge in [0.05, 0.1) is 5.92 Å². The number of pyridine rings is 1. The SMILES string of the molecule is CC(C)C(=O)O[C@@H](OC(=O)N(CCc1ccccn1)c1ccccc1)C(C)C. The molecule has 0 N–H and O–H groups in total. The number of nitrogens with zero attached hydrogens (tertiary/aromatic N) is 2. The van der Waals surface area contributed by atoms with Gasteiger partial charge in [0, 0.05) is 36.5 Å². The molecule has 0 saturated heterocycles. The number of benzene rings is 1. The van der Waals surface area contributed by atoms with Gasteiger partial charge in [0.15, 0.2) is 0 Å². The van der Waals surface area contributed by atoms with Gasteiger partial charge in [-0.2, -0.15) is 0 Å². The summed E-state index contributed by atoms with van der Waals surface area (Å²) in [5.74, 6) is -0.861. The van der Waals surface area contributed by atoms with Gasteiger partial charge in [-0.15, -0.1) is 0 Å². The van der Waals surface area contributed by atoms with E-state index in [-0.39, 0.29) is 11.8 Å². The molecule has 1 aromatic carbocycles. The van der Waals surface area contributed by atoms with Crippen molar-refractivity contribution in [2.45, 2.75) is 40.4 Å². The van der Waals surface area contributed by atoms with Gasteiger partial charge >= 0.3 is 12.1 Å². The maximum absolute atomic E-state index is 12.9. The number of para-hydroxylation sites is 1. The predicted octanol–water partition coefficient (Wildman–Crippen LogP) is 4.45. The zero-order valence-electron chi connectivity index (χ0n) is 16.9. The van der Waals surface area contributed by atoms with Crippen LogP contribution in [0.5, 0.6) is 0 Å². The maximum atomic E-state index is 12.9. The zero-order valence-corrected chi connectivity index (χ0v) is 16.9. The number of rotatable bonds is 8. The number of hydrogen-bond acceptors (Lipinski definition) is 5. The lowest BCUT2D eigenvalue weighted by Gasteiger charge is -2.27. The summed E-state index contributed by atoms with van der Waals surface area (Å²) < 4.78 is 10.9. The van der Waals surface area contributed by atoms with Crippen molar-refractivity contribution in [2.75, 3.05) is 11.4 Å². The van der Waals surface area contributed by atoms with Crippen LogP contribution in [-0.2, 0) is 20.7 Å². The van der Waals surface area contributed by atoms with Crippen LogP contribution in [0, 0.1) is 11.8 Å². The molecule has 28 heavy (non-hydrogen) atoms. The molecule has 2 aromatic rings. The molecule has 0 aliphatic rings. The second kappa shape index (κ2) is 10.4. The second-order valence-corrected chi connectivity index (χ2v) is 7.15. The van der Waals surface area contributed by atoms with Crippen molar-refractivity contribution in [3.63, 3.8) is 0 Å². The smallest absolute Gasteiger partial charge is 0.417 e. The number of carbonyl (C=O) groups excluding carboxylic acids is 2. The van der Waals surface area contributed by atoms with Crippen LogP contribution in [-0.4, -0.2) is 29.9 Å². The number of carbonyl (C=O) groups is 2. The lowest BCUT2D eigenvalue weighted by atomic mass is 10.2. The van der Waals surface area contributed by atoms with E-state index in [0.29, 0.717) is 18.7 Å². The van der Waals surface area contributed by atoms with Crippen molar-refractivity contribution in [2.24, 2.45) is 11.8 Å². The average Bonchev–Trinajstić information content (AvgIpc) is 2.69. The molecule has 0 saturated carbocycles. The summed E-state index contributed by atoms with van der Waals surface area (Å²) in [5, 5.41) is 0. The molecular weight excluding hydrogens is 356 g/mol. The Hall–Kier alpha value is -2.89. The first-order chi connectivity index (χ1) is 13.4. The predicted molar refractivity (Wildman–Crippen MR) is 108 cm³/mol. The van der Waals surface area contributed by atoms with Crippen molar-refractivity contribution >= 4 is 17.7 Å². The third kappa shape index (κ3) is 6.37. The molecule has 150 valence electrons. The van der Waals surface area contributed by atoms with Crippen LogP contribution < -0.4 is 4.90 Å². The molecule has 1 amide bonds. The number of esters is 1. The van der Waals surface area contributed by atoms with Crippen LogP contribution in [0.25, 0.3) is 0 Å². The van der Waals surface area contributed by atoms with Gasteiger partial charge in [0.1, 0.15) is 0 Å². The minimum Gasteiger partial charge on any atom is -0.425 e. The lowest BCUT2D eigenvalue weighted by Crippen LogP contribution is -2.39. The molecule has 6 heteroatoms. The summed E-state index contributed by atoms with van der Waals surface area (Å²) >= 11 is 0. The Labute approximate surface area is 166 Å². The minimum absolute atomic E-state index is 0.167. The van der Waals surface area contributed by atoms with Gasteiger partial charge in [-0.25, -0.2) is 4.79 Å². The first-order valence-corrected chi connectivity index (χ1v) is 9.52. The standard InChI is InChI=1S/C22H28N2O4/c1-16(2)20(25)27-21(17(3)4)28-22(26)24(19-11-6-5-7-12-19)15-13-18-10-8-9-14-23-18/h5-12,14,16-17,21H,13,15H2,1-4H3/t21-/m0/s1. The Morgan fingerprint density at radius 3 is 2.21 bits per heavy atom. The van der Waals surface area contributed by atoms with E-state index in [9.17, 15) is 9.59 Å². The highest BCUT2D eigenvalue weighted by Gasteiger charge is 2.27. The monoisotopic (exact) mass is 384 g/mol. The van der Waals surface area contributed by atoms with Gasteiger partial charge in [-0.1, -0.05) is 52.0 Å². The fourth-order valence-corrected chi connectivity index (χ4v) is 2.42. The van der Waals surface area contributed by atoms with Crippen LogP contribution in [0.3, 0.4) is 0 Å². The summed E-state index contributed by atoms with van der Waals surface area (Å²) in [4.78, 5) is 30.7.